The second-order valence-corrected chi connectivity index (χ2v) is 12.8. The maximum Gasteiger partial charge on any atom is 0.222 e. The lowest BCUT2D eigenvalue weighted by atomic mass is 10.1. The van der Waals surface area contributed by atoms with Crippen LogP contribution in [-0.2, 0) is 4.43 Å². The molecule has 0 amide bonds. The quantitative estimate of drug-likeness (QED) is 0.266. The largest absolute Gasteiger partial charge is 0.416 e. The van der Waals surface area contributed by atoms with Crippen LogP contribution in [0.2, 0.25) is 10.1 Å². The van der Waals surface area contributed by atoms with Crippen LogP contribution in [0.4, 0.5) is 0 Å². The van der Waals surface area contributed by atoms with E-state index >= 15 is 0 Å². The first-order chi connectivity index (χ1) is 10.2. The molecule has 0 heterocycles. The van der Waals surface area contributed by atoms with Crippen LogP contribution in [0.25, 0.3) is 0 Å². The Morgan fingerprint density at radius 1 is 0.591 bits per heavy atom. The second kappa shape index (κ2) is 11.7. The third-order valence-electron chi connectivity index (χ3n) is 4.11. The Bertz CT molecular complexity index is 235. The SMILES string of the molecule is CCCCCCCCCCCCO[Si](C(C)(C)C)C(C)(C)C. The monoisotopic (exact) mass is 327 g/mol. The minimum atomic E-state index is -0.785. The van der Waals surface area contributed by atoms with Crippen molar-refractivity contribution in [1.82, 2.24) is 0 Å². The molecular weight excluding hydrogens is 284 g/mol. The van der Waals surface area contributed by atoms with Crippen molar-refractivity contribution in [3.05, 3.63) is 0 Å². The maximum atomic E-state index is 6.34. The predicted octanol–water partition coefficient (Wildman–Crippen LogP) is 7.52. The fraction of sp³-hybridized carbons (Fsp3) is 1.00. The molecule has 22 heavy (non-hydrogen) atoms. The highest BCUT2D eigenvalue weighted by Crippen LogP contribution is 2.42. The third-order valence-corrected chi connectivity index (χ3v) is 7.32. The van der Waals surface area contributed by atoms with Crippen LogP contribution < -0.4 is 0 Å². The smallest absolute Gasteiger partial charge is 0.222 e. The summed E-state index contributed by atoms with van der Waals surface area (Å²) in [5, 5.41) is 0.642. The fourth-order valence-corrected chi connectivity index (χ4v) is 6.79. The standard InChI is InChI=1S/C20H43OSi/c1-8-9-10-11-12-13-14-15-16-17-18-21-22(19(2,3)4)20(5,6)7/h8-18H2,1-7H3. The summed E-state index contributed by atoms with van der Waals surface area (Å²) in [5.74, 6) is 0. The molecule has 0 fully saturated rings. The van der Waals surface area contributed by atoms with E-state index in [4.69, 9.17) is 4.43 Å². The summed E-state index contributed by atoms with van der Waals surface area (Å²) < 4.78 is 6.34. The van der Waals surface area contributed by atoms with Crippen molar-refractivity contribution in [3.63, 3.8) is 0 Å². The molecule has 0 rings (SSSR count). The van der Waals surface area contributed by atoms with Crippen LogP contribution in [0.5, 0.6) is 0 Å². The Labute approximate surface area is 143 Å². The molecule has 0 aromatic carbocycles. The highest BCUT2D eigenvalue weighted by Gasteiger charge is 2.39. The van der Waals surface area contributed by atoms with Crippen LogP contribution in [0.15, 0.2) is 0 Å². The van der Waals surface area contributed by atoms with E-state index in [0.29, 0.717) is 10.1 Å². The van der Waals surface area contributed by atoms with Crippen molar-refractivity contribution in [2.24, 2.45) is 0 Å². The molecule has 133 valence electrons. The van der Waals surface area contributed by atoms with Gasteiger partial charge < -0.3 is 4.43 Å². The molecule has 0 aliphatic rings. The van der Waals surface area contributed by atoms with Gasteiger partial charge in [0.15, 0.2) is 0 Å². The van der Waals surface area contributed by atoms with Gasteiger partial charge in [0.25, 0.3) is 0 Å². The van der Waals surface area contributed by atoms with Crippen LogP contribution in [0.1, 0.15) is 113 Å². The van der Waals surface area contributed by atoms with Crippen LogP contribution in [0, 0.1) is 0 Å². The maximum absolute atomic E-state index is 6.34. The summed E-state index contributed by atoms with van der Waals surface area (Å²) in [6, 6.07) is 0. The van der Waals surface area contributed by atoms with Gasteiger partial charge in [0.2, 0.25) is 9.04 Å². The van der Waals surface area contributed by atoms with Crippen molar-refractivity contribution < 1.29 is 4.43 Å². The molecule has 0 unspecified atom stereocenters. The average molecular weight is 328 g/mol. The summed E-state index contributed by atoms with van der Waals surface area (Å²) in [5.41, 5.74) is 0. The number of hydrogen-bond donors (Lipinski definition) is 0. The van der Waals surface area contributed by atoms with Crippen molar-refractivity contribution in [1.29, 1.82) is 0 Å². The first-order valence-electron chi connectivity index (χ1n) is 9.70. The predicted molar refractivity (Wildman–Crippen MR) is 103 cm³/mol. The fourth-order valence-electron chi connectivity index (χ4n) is 3.32. The van der Waals surface area contributed by atoms with Gasteiger partial charge in [0.1, 0.15) is 0 Å². The van der Waals surface area contributed by atoms with Gasteiger partial charge in [-0.2, -0.15) is 0 Å². The molecule has 0 N–H and O–H groups in total. The van der Waals surface area contributed by atoms with Crippen LogP contribution >= 0.6 is 0 Å². The van der Waals surface area contributed by atoms with Gasteiger partial charge in [-0.05, 0) is 16.5 Å². The lowest BCUT2D eigenvalue weighted by molar-refractivity contribution is 0.272. The van der Waals surface area contributed by atoms with Gasteiger partial charge in [-0.3, -0.25) is 0 Å². The lowest BCUT2D eigenvalue weighted by Gasteiger charge is -2.37. The van der Waals surface area contributed by atoms with E-state index in [0.717, 1.165) is 6.61 Å². The van der Waals surface area contributed by atoms with Crippen LogP contribution in [-0.4, -0.2) is 15.6 Å². The molecule has 0 saturated heterocycles. The Hall–Kier alpha value is 0.177. The molecule has 0 aliphatic carbocycles. The molecule has 0 saturated carbocycles. The molecule has 1 nitrogen and oxygen atoms in total. The van der Waals surface area contributed by atoms with Gasteiger partial charge >= 0.3 is 0 Å². The van der Waals surface area contributed by atoms with E-state index in [9.17, 15) is 0 Å². The molecule has 0 aromatic heterocycles. The lowest BCUT2D eigenvalue weighted by Crippen LogP contribution is -2.38. The van der Waals surface area contributed by atoms with Crippen LogP contribution in [0.3, 0.4) is 0 Å². The second-order valence-electron chi connectivity index (χ2n) is 8.86. The Kier molecular flexibility index (Phi) is 11.8. The molecule has 0 atom stereocenters. The summed E-state index contributed by atoms with van der Waals surface area (Å²) in [7, 11) is -0.785. The highest BCUT2D eigenvalue weighted by molar-refractivity contribution is 6.58. The van der Waals surface area contributed by atoms with Crippen molar-refractivity contribution in [2.45, 2.75) is 123 Å². The zero-order valence-corrected chi connectivity index (χ0v) is 17.7. The summed E-state index contributed by atoms with van der Waals surface area (Å²) in [6.07, 6.45) is 13.9. The number of unbranched alkanes of at least 4 members (excludes halogenated alkanes) is 9. The first-order valence-corrected chi connectivity index (χ1v) is 11.1. The molecule has 0 aliphatic heterocycles. The normalized spacial score (nSPS) is 13.1. The Balaban J connectivity index is 3.59. The van der Waals surface area contributed by atoms with Gasteiger partial charge in [-0.1, -0.05) is 106 Å². The third kappa shape index (κ3) is 11.7. The van der Waals surface area contributed by atoms with E-state index in [2.05, 4.69) is 48.5 Å². The van der Waals surface area contributed by atoms with Crippen molar-refractivity contribution in [3.8, 4) is 0 Å². The first kappa shape index (κ1) is 22.2. The molecule has 0 bridgehead atoms. The van der Waals surface area contributed by atoms with Gasteiger partial charge in [0.05, 0.1) is 0 Å². The zero-order chi connectivity index (χ0) is 17.1. The minimum Gasteiger partial charge on any atom is -0.416 e. The average Bonchev–Trinajstić information content (AvgIpc) is 2.37. The Morgan fingerprint density at radius 2 is 0.955 bits per heavy atom. The van der Waals surface area contributed by atoms with Gasteiger partial charge in [-0.25, -0.2) is 0 Å². The molecule has 1 radical (unpaired) electrons. The zero-order valence-electron chi connectivity index (χ0n) is 16.7. The van der Waals surface area contributed by atoms with Gasteiger partial charge in [0, 0.05) is 6.61 Å². The van der Waals surface area contributed by atoms with E-state index in [1.165, 1.54) is 64.2 Å². The Morgan fingerprint density at radius 3 is 1.32 bits per heavy atom. The number of hydrogen-bond acceptors (Lipinski definition) is 1. The molecule has 2 heteroatoms. The van der Waals surface area contributed by atoms with E-state index in [1.54, 1.807) is 0 Å². The topological polar surface area (TPSA) is 9.23 Å². The van der Waals surface area contributed by atoms with Crippen molar-refractivity contribution in [2.75, 3.05) is 6.61 Å². The number of rotatable bonds is 12. The summed E-state index contributed by atoms with van der Waals surface area (Å²) in [6.45, 7) is 17.3. The minimum absolute atomic E-state index is 0.321. The van der Waals surface area contributed by atoms with E-state index in [1.807, 2.05) is 0 Å². The molecular formula is C20H43OSi. The highest BCUT2D eigenvalue weighted by atomic mass is 28.3. The summed E-state index contributed by atoms with van der Waals surface area (Å²) >= 11 is 0. The molecule has 0 spiro atoms. The molecule has 0 aromatic rings. The van der Waals surface area contributed by atoms with E-state index in [-0.39, 0.29) is 0 Å². The van der Waals surface area contributed by atoms with Gasteiger partial charge in [-0.15, -0.1) is 0 Å². The van der Waals surface area contributed by atoms with E-state index < -0.39 is 9.04 Å². The summed E-state index contributed by atoms with van der Waals surface area (Å²) in [4.78, 5) is 0. The van der Waals surface area contributed by atoms with Crippen molar-refractivity contribution >= 4 is 9.04 Å².